The second kappa shape index (κ2) is 6.84. The van der Waals surface area contributed by atoms with Gasteiger partial charge in [0.05, 0.1) is 0 Å². The van der Waals surface area contributed by atoms with Crippen molar-refractivity contribution in [1.82, 2.24) is 14.8 Å². The van der Waals surface area contributed by atoms with Gasteiger partial charge in [-0.05, 0) is 41.8 Å². The van der Waals surface area contributed by atoms with Crippen LogP contribution in [0.1, 0.15) is 26.2 Å². The molecule has 2 N–H and O–H groups in total. The van der Waals surface area contributed by atoms with Gasteiger partial charge in [0.15, 0.2) is 0 Å². The highest BCUT2D eigenvalue weighted by molar-refractivity contribution is 9.10. The maximum Gasteiger partial charge on any atom is 0.257 e. The van der Waals surface area contributed by atoms with Crippen LogP contribution in [0.25, 0.3) is 0 Å². The zero-order valence-electron chi connectivity index (χ0n) is 11.4. The lowest BCUT2D eigenvalue weighted by molar-refractivity contribution is 0.200. The average molecular weight is 363 g/mol. The summed E-state index contributed by atoms with van der Waals surface area (Å²) < 4.78 is 25.6. The Bertz CT molecular complexity index is 559. The number of hydrogen-bond acceptors (Lipinski definition) is 5. The van der Waals surface area contributed by atoms with Gasteiger partial charge in [0.25, 0.3) is 10.0 Å². The smallest absolute Gasteiger partial charge is 0.257 e. The van der Waals surface area contributed by atoms with Crippen LogP contribution in [0.2, 0.25) is 0 Å². The minimum Gasteiger partial charge on any atom is -0.369 e. The van der Waals surface area contributed by atoms with Gasteiger partial charge in [0.2, 0.25) is 0 Å². The summed E-state index contributed by atoms with van der Waals surface area (Å²) in [6, 6.07) is 1.57. The van der Waals surface area contributed by atoms with Crippen molar-refractivity contribution in [2.75, 3.05) is 25.0 Å². The number of rotatable bonds is 5. The molecule has 1 saturated heterocycles. The second-order valence-electron chi connectivity index (χ2n) is 4.67. The molecule has 1 fully saturated rings. The molecule has 0 saturated carbocycles. The van der Waals surface area contributed by atoms with E-state index in [1.807, 2.05) is 6.92 Å². The highest BCUT2D eigenvalue weighted by Gasteiger charge is 2.23. The largest absolute Gasteiger partial charge is 0.369 e. The maximum absolute atomic E-state index is 12.5. The molecule has 0 bridgehead atoms. The Morgan fingerprint density at radius 1 is 1.35 bits per heavy atom. The van der Waals surface area contributed by atoms with Gasteiger partial charge in [-0.25, -0.2) is 18.4 Å². The number of aromatic nitrogens is 1. The average Bonchev–Trinajstić information content (AvgIpc) is 2.41. The minimum absolute atomic E-state index is 0.166. The van der Waals surface area contributed by atoms with E-state index in [2.05, 4.69) is 31.1 Å². The van der Waals surface area contributed by atoms with E-state index < -0.39 is 10.0 Å². The van der Waals surface area contributed by atoms with Crippen LogP contribution in [0, 0.1) is 0 Å². The lowest BCUT2D eigenvalue weighted by Gasteiger charge is -2.26. The predicted molar refractivity (Wildman–Crippen MR) is 81.8 cm³/mol. The van der Waals surface area contributed by atoms with Gasteiger partial charge in [0.1, 0.15) is 10.7 Å². The standard InChI is InChI=1S/C12H19BrN4O2S/c1-2-14-12-11(8-10(13)9-15-12)20(18,19)16-17-6-4-3-5-7-17/h8-9,16H,2-7H2,1H3,(H,14,15). The molecule has 0 unspecified atom stereocenters. The van der Waals surface area contributed by atoms with Crippen LogP contribution in [0.5, 0.6) is 0 Å². The first-order chi connectivity index (χ1) is 9.53. The molecule has 2 heterocycles. The Hall–Kier alpha value is -0.700. The number of anilines is 1. The van der Waals surface area contributed by atoms with Crippen molar-refractivity contribution in [1.29, 1.82) is 0 Å². The van der Waals surface area contributed by atoms with Gasteiger partial charge in [-0.2, -0.15) is 0 Å². The monoisotopic (exact) mass is 362 g/mol. The number of hydrazine groups is 1. The van der Waals surface area contributed by atoms with Gasteiger partial charge >= 0.3 is 0 Å². The summed E-state index contributed by atoms with van der Waals surface area (Å²) in [4.78, 5) is 6.94. The first-order valence-electron chi connectivity index (χ1n) is 6.70. The number of piperidine rings is 1. The zero-order chi connectivity index (χ0) is 14.6. The molecule has 20 heavy (non-hydrogen) atoms. The molecule has 0 aliphatic carbocycles. The van der Waals surface area contributed by atoms with Crippen LogP contribution in [-0.4, -0.2) is 38.0 Å². The van der Waals surface area contributed by atoms with Gasteiger partial charge < -0.3 is 5.32 Å². The Balaban J connectivity index is 2.25. The molecule has 1 aromatic rings. The molecule has 1 aliphatic heterocycles. The van der Waals surface area contributed by atoms with E-state index in [4.69, 9.17) is 0 Å². The number of nitrogens with one attached hydrogen (secondary N) is 2. The highest BCUT2D eigenvalue weighted by atomic mass is 79.9. The first-order valence-corrected chi connectivity index (χ1v) is 8.97. The third-order valence-electron chi connectivity index (χ3n) is 3.06. The Morgan fingerprint density at radius 2 is 2.05 bits per heavy atom. The van der Waals surface area contributed by atoms with E-state index in [0.717, 1.165) is 32.4 Å². The van der Waals surface area contributed by atoms with E-state index in [1.54, 1.807) is 17.3 Å². The lowest BCUT2D eigenvalue weighted by atomic mass is 10.2. The van der Waals surface area contributed by atoms with Crippen LogP contribution in [-0.2, 0) is 10.0 Å². The highest BCUT2D eigenvalue weighted by Crippen LogP contribution is 2.23. The minimum atomic E-state index is -3.61. The van der Waals surface area contributed by atoms with E-state index >= 15 is 0 Å². The van der Waals surface area contributed by atoms with E-state index in [9.17, 15) is 8.42 Å². The molecule has 8 heteroatoms. The van der Waals surface area contributed by atoms with Crippen molar-refractivity contribution in [3.63, 3.8) is 0 Å². The summed E-state index contributed by atoms with van der Waals surface area (Å²) in [6.07, 6.45) is 4.76. The van der Waals surface area contributed by atoms with Gasteiger partial charge in [0, 0.05) is 30.3 Å². The zero-order valence-corrected chi connectivity index (χ0v) is 13.8. The second-order valence-corrected chi connectivity index (χ2v) is 7.22. The van der Waals surface area contributed by atoms with Gasteiger partial charge in [-0.15, -0.1) is 4.83 Å². The summed E-state index contributed by atoms with van der Waals surface area (Å²) in [5, 5.41) is 4.74. The SMILES string of the molecule is CCNc1ncc(Br)cc1S(=O)(=O)NN1CCCCC1. The summed E-state index contributed by atoms with van der Waals surface area (Å²) in [7, 11) is -3.61. The molecular formula is C12H19BrN4O2S. The lowest BCUT2D eigenvalue weighted by Crippen LogP contribution is -2.45. The number of sulfonamides is 1. The third kappa shape index (κ3) is 3.91. The summed E-state index contributed by atoms with van der Waals surface area (Å²) in [6.45, 7) is 4.01. The molecule has 0 amide bonds. The van der Waals surface area contributed by atoms with Crippen molar-refractivity contribution in [2.45, 2.75) is 31.1 Å². The van der Waals surface area contributed by atoms with Crippen molar-refractivity contribution in [3.05, 3.63) is 16.7 Å². The topological polar surface area (TPSA) is 74.3 Å². The van der Waals surface area contributed by atoms with Crippen LogP contribution in [0.4, 0.5) is 5.82 Å². The number of nitrogens with zero attached hydrogens (tertiary/aromatic N) is 2. The number of pyridine rings is 1. The molecule has 2 rings (SSSR count). The Kier molecular flexibility index (Phi) is 5.36. The maximum atomic E-state index is 12.5. The fourth-order valence-corrected chi connectivity index (χ4v) is 3.90. The molecule has 0 spiro atoms. The first kappa shape index (κ1) is 15.7. The molecule has 0 radical (unpaired) electrons. The number of halogens is 1. The third-order valence-corrected chi connectivity index (χ3v) is 4.88. The molecule has 0 atom stereocenters. The normalized spacial score (nSPS) is 17.1. The van der Waals surface area contributed by atoms with Crippen LogP contribution >= 0.6 is 15.9 Å². The fraction of sp³-hybridized carbons (Fsp3) is 0.583. The van der Waals surface area contributed by atoms with Crippen LogP contribution in [0.15, 0.2) is 21.6 Å². The van der Waals surface area contributed by atoms with Crippen LogP contribution in [0.3, 0.4) is 0 Å². The van der Waals surface area contributed by atoms with Crippen LogP contribution < -0.4 is 10.1 Å². The quantitative estimate of drug-likeness (QED) is 0.837. The molecule has 1 aromatic heterocycles. The molecule has 112 valence electrons. The summed E-state index contributed by atoms with van der Waals surface area (Å²) >= 11 is 3.27. The van der Waals surface area contributed by atoms with Crippen molar-refractivity contribution in [3.8, 4) is 0 Å². The molecule has 0 aromatic carbocycles. The summed E-state index contributed by atoms with van der Waals surface area (Å²) in [5.41, 5.74) is 0. The predicted octanol–water partition coefficient (Wildman–Crippen LogP) is 1.96. The van der Waals surface area contributed by atoms with Crippen molar-refractivity contribution < 1.29 is 8.42 Å². The van der Waals surface area contributed by atoms with E-state index in [1.165, 1.54) is 0 Å². The Labute approximate surface area is 128 Å². The molecular weight excluding hydrogens is 344 g/mol. The van der Waals surface area contributed by atoms with Gasteiger partial charge in [-0.3, -0.25) is 0 Å². The van der Waals surface area contributed by atoms with Crippen molar-refractivity contribution >= 4 is 31.8 Å². The number of hydrogen-bond donors (Lipinski definition) is 2. The van der Waals surface area contributed by atoms with E-state index in [-0.39, 0.29) is 4.90 Å². The van der Waals surface area contributed by atoms with Crippen molar-refractivity contribution in [2.24, 2.45) is 0 Å². The molecule has 6 nitrogen and oxygen atoms in total. The Morgan fingerprint density at radius 3 is 2.70 bits per heavy atom. The fourth-order valence-electron chi connectivity index (χ4n) is 2.13. The van der Waals surface area contributed by atoms with E-state index in [0.29, 0.717) is 16.8 Å². The summed E-state index contributed by atoms with van der Waals surface area (Å²) in [5.74, 6) is 0.375. The molecule has 1 aliphatic rings. The van der Waals surface area contributed by atoms with Gasteiger partial charge in [-0.1, -0.05) is 6.42 Å².